The minimum Gasteiger partial charge on any atom is -0.207 e. The van der Waals surface area contributed by atoms with Crippen LogP contribution < -0.4 is 0 Å². The lowest BCUT2D eigenvalue weighted by Crippen LogP contribution is -2.38. The first-order valence-corrected chi connectivity index (χ1v) is 10.5. The Morgan fingerprint density at radius 2 is 1.81 bits per heavy atom. The number of hydrogen-bond donors (Lipinski definition) is 0. The van der Waals surface area contributed by atoms with Gasteiger partial charge in [-0.25, -0.2) is 8.42 Å². The van der Waals surface area contributed by atoms with Crippen LogP contribution in [0.2, 0.25) is 0 Å². The summed E-state index contributed by atoms with van der Waals surface area (Å²) in [6.45, 7) is 3.20. The highest BCUT2D eigenvalue weighted by Gasteiger charge is 2.29. The molecular formula is C21H24N2O2S. The van der Waals surface area contributed by atoms with Crippen molar-refractivity contribution in [1.82, 2.24) is 4.31 Å². The molecule has 0 unspecified atom stereocenters. The van der Waals surface area contributed by atoms with Crippen LogP contribution in [-0.2, 0) is 16.4 Å². The Morgan fingerprint density at radius 3 is 2.46 bits per heavy atom. The van der Waals surface area contributed by atoms with Crippen molar-refractivity contribution >= 4 is 10.0 Å². The summed E-state index contributed by atoms with van der Waals surface area (Å²) in [6, 6.07) is 16.9. The summed E-state index contributed by atoms with van der Waals surface area (Å²) in [7, 11) is -3.51. The Hall–Kier alpha value is -2.16. The molecule has 26 heavy (non-hydrogen) atoms. The van der Waals surface area contributed by atoms with E-state index >= 15 is 0 Å². The molecule has 3 rings (SSSR count). The quantitative estimate of drug-likeness (QED) is 0.804. The molecule has 136 valence electrons. The van der Waals surface area contributed by atoms with Gasteiger partial charge in [-0.3, -0.25) is 0 Å². The van der Waals surface area contributed by atoms with Gasteiger partial charge in [0.2, 0.25) is 10.0 Å². The fourth-order valence-electron chi connectivity index (χ4n) is 3.44. The maximum atomic E-state index is 12.8. The van der Waals surface area contributed by atoms with Crippen molar-refractivity contribution < 1.29 is 8.42 Å². The second-order valence-corrected chi connectivity index (χ2v) is 8.95. The molecule has 1 aliphatic rings. The zero-order valence-corrected chi connectivity index (χ0v) is 15.9. The standard InChI is InChI=1S/C21H24N2O2S/c1-17-5-7-18(8-6-17)9-10-19-11-13-23(14-12-19)26(24,25)21-4-2-3-20(15-21)16-22/h2-8,15,19H,9-14H2,1H3. The third-order valence-electron chi connectivity index (χ3n) is 5.14. The summed E-state index contributed by atoms with van der Waals surface area (Å²) in [6.07, 6.45) is 3.93. The molecule has 0 radical (unpaired) electrons. The van der Waals surface area contributed by atoms with Crippen LogP contribution in [0.5, 0.6) is 0 Å². The van der Waals surface area contributed by atoms with Gasteiger partial charge in [-0.1, -0.05) is 35.9 Å². The normalized spacial score (nSPS) is 16.3. The van der Waals surface area contributed by atoms with E-state index in [1.165, 1.54) is 17.2 Å². The highest BCUT2D eigenvalue weighted by Crippen LogP contribution is 2.27. The van der Waals surface area contributed by atoms with Gasteiger partial charge >= 0.3 is 0 Å². The van der Waals surface area contributed by atoms with Gasteiger partial charge in [0.1, 0.15) is 0 Å². The third kappa shape index (κ3) is 4.32. The highest BCUT2D eigenvalue weighted by atomic mass is 32.2. The van der Waals surface area contributed by atoms with Gasteiger partial charge in [0.25, 0.3) is 0 Å². The fraction of sp³-hybridized carbons (Fsp3) is 0.381. The van der Waals surface area contributed by atoms with Crippen LogP contribution in [-0.4, -0.2) is 25.8 Å². The predicted molar refractivity (Wildman–Crippen MR) is 102 cm³/mol. The van der Waals surface area contributed by atoms with Gasteiger partial charge in [0, 0.05) is 13.1 Å². The number of hydrogen-bond acceptors (Lipinski definition) is 3. The van der Waals surface area contributed by atoms with Gasteiger partial charge in [-0.05, 0) is 62.3 Å². The summed E-state index contributed by atoms with van der Waals surface area (Å²) >= 11 is 0. The lowest BCUT2D eigenvalue weighted by Gasteiger charge is -2.31. The summed E-state index contributed by atoms with van der Waals surface area (Å²) < 4.78 is 27.1. The van der Waals surface area contributed by atoms with Crippen LogP contribution in [0, 0.1) is 24.2 Å². The second kappa shape index (κ2) is 8.03. The maximum Gasteiger partial charge on any atom is 0.243 e. The second-order valence-electron chi connectivity index (χ2n) is 7.01. The van der Waals surface area contributed by atoms with Crippen LogP contribution in [0.15, 0.2) is 53.4 Å². The lowest BCUT2D eigenvalue weighted by molar-refractivity contribution is 0.263. The maximum absolute atomic E-state index is 12.8. The van der Waals surface area contributed by atoms with Gasteiger partial charge in [0.05, 0.1) is 16.5 Å². The number of piperidine rings is 1. The van der Waals surface area contributed by atoms with E-state index in [4.69, 9.17) is 5.26 Å². The number of rotatable bonds is 5. The number of sulfonamides is 1. The molecule has 0 N–H and O–H groups in total. The van der Waals surface area contributed by atoms with Gasteiger partial charge in [-0.15, -0.1) is 0 Å². The van der Waals surface area contributed by atoms with E-state index in [9.17, 15) is 8.42 Å². The van der Waals surface area contributed by atoms with Crippen molar-refractivity contribution in [3.63, 3.8) is 0 Å². The Labute approximate surface area is 156 Å². The van der Waals surface area contributed by atoms with Crippen LogP contribution in [0.25, 0.3) is 0 Å². The largest absolute Gasteiger partial charge is 0.243 e. The molecule has 0 aromatic heterocycles. The predicted octanol–water partition coefficient (Wildman–Crippen LogP) is 3.90. The van der Waals surface area contributed by atoms with E-state index in [-0.39, 0.29) is 4.90 Å². The Balaban J connectivity index is 1.57. The van der Waals surface area contributed by atoms with E-state index in [0.29, 0.717) is 24.6 Å². The van der Waals surface area contributed by atoms with Gasteiger partial charge in [-0.2, -0.15) is 9.57 Å². The summed E-state index contributed by atoms with van der Waals surface area (Å²) in [5.41, 5.74) is 2.99. The fourth-order valence-corrected chi connectivity index (χ4v) is 4.96. The van der Waals surface area contributed by atoms with Gasteiger partial charge < -0.3 is 0 Å². The molecule has 0 amide bonds. The van der Waals surface area contributed by atoms with Crippen molar-refractivity contribution in [2.24, 2.45) is 5.92 Å². The van der Waals surface area contributed by atoms with E-state index in [0.717, 1.165) is 25.7 Å². The smallest absolute Gasteiger partial charge is 0.207 e. The Morgan fingerprint density at radius 1 is 1.12 bits per heavy atom. The first kappa shape index (κ1) is 18.6. The van der Waals surface area contributed by atoms with Crippen LogP contribution >= 0.6 is 0 Å². The Bertz CT molecular complexity index is 890. The molecule has 0 saturated carbocycles. The Kier molecular flexibility index (Phi) is 5.75. The molecule has 0 aliphatic carbocycles. The molecule has 2 aromatic carbocycles. The minimum atomic E-state index is -3.51. The summed E-state index contributed by atoms with van der Waals surface area (Å²) in [4.78, 5) is 0.217. The molecule has 1 saturated heterocycles. The van der Waals surface area contributed by atoms with Crippen molar-refractivity contribution in [1.29, 1.82) is 5.26 Å². The van der Waals surface area contributed by atoms with E-state index < -0.39 is 10.0 Å². The third-order valence-corrected chi connectivity index (χ3v) is 7.03. The monoisotopic (exact) mass is 368 g/mol. The van der Waals surface area contributed by atoms with E-state index in [1.807, 2.05) is 6.07 Å². The van der Waals surface area contributed by atoms with Crippen molar-refractivity contribution in [2.75, 3.05) is 13.1 Å². The molecule has 0 atom stereocenters. The van der Waals surface area contributed by atoms with E-state index in [2.05, 4.69) is 31.2 Å². The molecule has 1 fully saturated rings. The molecule has 0 spiro atoms. The van der Waals surface area contributed by atoms with Crippen LogP contribution in [0.1, 0.15) is 36.0 Å². The van der Waals surface area contributed by atoms with Gasteiger partial charge in [0.15, 0.2) is 0 Å². The molecule has 5 heteroatoms. The average molecular weight is 369 g/mol. The average Bonchev–Trinajstić information content (AvgIpc) is 2.68. The SMILES string of the molecule is Cc1ccc(CCC2CCN(S(=O)(=O)c3cccc(C#N)c3)CC2)cc1. The van der Waals surface area contributed by atoms with Crippen LogP contribution in [0.3, 0.4) is 0 Å². The van der Waals surface area contributed by atoms with E-state index in [1.54, 1.807) is 22.5 Å². The highest BCUT2D eigenvalue weighted by molar-refractivity contribution is 7.89. The lowest BCUT2D eigenvalue weighted by atomic mass is 9.91. The molecule has 1 heterocycles. The molecule has 1 aliphatic heterocycles. The zero-order valence-electron chi connectivity index (χ0n) is 15.1. The number of benzene rings is 2. The minimum absolute atomic E-state index is 0.217. The van der Waals surface area contributed by atoms with Crippen molar-refractivity contribution in [3.8, 4) is 6.07 Å². The number of aryl methyl sites for hydroxylation is 2. The first-order chi connectivity index (χ1) is 12.5. The van der Waals surface area contributed by atoms with Crippen molar-refractivity contribution in [2.45, 2.75) is 37.5 Å². The number of nitriles is 1. The zero-order chi connectivity index (χ0) is 18.6. The molecular weight excluding hydrogens is 344 g/mol. The number of nitrogens with zero attached hydrogens (tertiary/aromatic N) is 2. The molecule has 2 aromatic rings. The topological polar surface area (TPSA) is 61.2 Å². The first-order valence-electron chi connectivity index (χ1n) is 9.05. The van der Waals surface area contributed by atoms with Crippen molar-refractivity contribution in [3.05, 3.63) is 65.2 Å². The molecule has 4 nitrogen and oxygen atoms in total. The summed E-state index contributed by atoms with van der Waals surface area (Å²) in [5.74, 6) is 0.563. The summed E-state index contributed by atoms with van der Waals surface area (Å²) in [5, 5.41) is 8.98. The van der Waals surface area contributed by atoms with Crippen LogP contribution in [0.4, 0.5) is 0 Å². The molecule has 0 bridgehead atoms.